The Morgan fingerprint density at radius 1 is 1.00 bits per heavy atom. The lowest BCUT2D eigenvalue weighted by atomic mass is 9.88. The van der Waals surface area contributed by atoms with Crippen molar-refractivity contribution < 1.29 is 24.0 Å². The smallest absolute Gasteiger partial charge is 0.253 e. The molecule has 2 atom stereocenters. The van der Waals surface area contributed by atoms with Gasteiger partial charge in [0.25, 0.3) is 11.8 Å². The van der Waals surface area contributed by atoms with Gasteiger partial charge in [-0.05, 0) is 5.92 Å². The summed E-state index contributed by atoms with van der Waals surface area (Å²) in [7, 11) is 0. The summed E-state index contributed by atoms with van der Waals surface area (Å²) >= 11 is 0. The molecule has 1 heterocycles. The molecule has 1 aliphatic rings. The van der Waals surface area contributed by atoms with E-state index in [1.165, 1.54) is 0 Å². The molecule has 7 nitrogen and oxygen atoms in total. The Bertz CT molecular complexity index is 603. The quantitative estimate of drug-likeness (QED) is 0.588. The summed E-state index contributed by atoms with van der Waals surface area (Å²) in [6.07, 6.45) is 2.32. The van der Waals surface area contributed by atoms with Crippen molar-refractivity contribution in [2.45, 2.75) is 53.5 Å². The third-order valence-electron chi connectivity index (χ3n) is 4.36. The minimum Gasteiger partial charge on any atom is -0.346 e. The van der Waals surface area contributed by atoms with Crippen molar-refractivity contribution in [3.8, 4) is 0 Å². The number of rotatable bonds is 10. The summed E-state index contributed by atoms with van der Waals surface area (Å²) < 4.78 is 0. The van der Waals surface area contributed by atoms with Gasteiger partial charge in [-0.3, -0.25) is 28.9 Å². The van der Waals surface area contributed by atoms with E-state index < -0.39 is 29.7 Å². The molecule has 7 heteroatoms. The van der Waals surface area contributed by atoms with Crippen LogP contribution in [-0.4, -0.2) is 46.8 Å². The van der Waals surface area contributed by atoms with Crippen molar-refractivity contribution in [3.63, 3.8) is 0 Å². The van der Waals surface area contributed by atoms with Gasteiger partial charge in [0.05, 0.1) is 6.04 Å². The normalized spacial score (nSPS) is 16.3. The molecule has 1 rings (SSSR count). The summed E-state index contributed by atoms with van der Waals surface area (Å²) in [5.41, 5.74) is 0. The molecule has 0 unspecified atom stereocenters. The summed E-state index contributed by atoms with van der Waals surface area (Å²) in [5.74, 6) is -2.14. The summed E-state index contributed by atoms with van der Waals surface area (Å²) in [4.78, 5) is 60.6. The third-order valence-corrected chi connectivity index (χ3v) is 4.36. The molecule has 0 saturated carbocycles. The molecular formula is C19H28N2O5. The van der Waals surface area contributed by atoms with Crippen molar-refractivity contribution in [2.24, 2.45) is 17.8 Å². The molecule has 0 radical (unpaired) electrons. The van der Waals surface area contributed by atoms with Crippen LogP contribution in [0.4, 0.5) is 0 Å². The van der Waals surface area contributed by atoms with Crippen LogP contribution in [0.15, 0.2) is 12.2 Å². The number of amides is 3. The van der Waals surface area contributed by atoms with Gasteiger partial charge in [0.2, 0.25) is 5.91 Å². The first kappa shape index (κ1) is 21.7. The van der Waals surface area contributed by atoms with E-state index in [2.05, 4.69) is 5.32 Å². The maximum atomic E-state index is 12.5. The monoisotopic (exact) mass is 364 g/mol. The molecule has 0 bridgehead atoms. The van der Waals surface area contributed by atoms with Crippen molar-refractivity contribution in [1.82, 2.24) is 10.2 Å². The predicted molar refractivity (Wildman–Crippen MR) is 95.9 cm³/mol. The van der Waals surface area contributed by atoms with E-state index in [-0.39, 0.29) is 42.8 Å². The number of hydrogen-bond acceptors (Lipinski definition) is 5. The number of carbonyl (C=O) groups is 5. The highest BCUT2D eigenvalue weighted by atomic mass is 16.2. The van der Waals surface area contributed by atoms with Crippen LogP contribution in [0, 0.1) is 17.8 Å². The molecule has 3 amide bonds. The van der Waals surface area contributed by atoms with Crippen LogP contribution in [0.2, 0.25) is 0 Å². The van der Waals surface area contributed by atoms with Crippen LogP contribution >= 0.6 is 0 Å². The van der Waals surface area contributed by atoms with Crippen LogP contribution in [0.25, 0.3) is 0 Å². The minimum absolute atomic E-state index is 0.0192. The number of nitrogens with zero attached hydrogens (tertiary/aromatic N) is 1. The second-order valence-corrected chi connectivity index (χ2v) is 7.33. The standard InChI is InChI=1S/C19H28N2O5/c1-11(2)18(14(22)10-13(5)19(26)12(3)4)20-15(23)8-9-21-16(24)6-7-17(21)25/h6-7,11-13,18H,8-10H2,1-5H3,(H,20,23)/t13-,18+/m1/s1. The zero-order valence-corrected chi connectivity index (χ0v) is 16.1. The van der Waals surface area contributed by atoms with E-state index in [1.807, 2.05) is 13.8 Å². The van der Waals surface area contributed by atoms with Gasteiger partial charge >= 0.3 is 0 Å². The first-order chi connectivity index (χ1) is 12.0. The SMILES string of the molecule is CC(C)C(=O)[C@H](C)CC(=O)[C@@H](NC(=O)CCN1C(=O)C=CC1=O)C(C)C. The average molecular weight is 364 g/mol. The highest BCUT2D eigenvalue weighted by Gasteiger charge is 2.29. The van der Waals surface area contributed by atoms with E-state index in [9.17, 15) is 24.0 Å². The Morgan fingerprint density at radius 3 is 2.00 bits per heavy atom. The Labute approximate surface area is 154 Å². The van der Waals surface area contributed by atoms with Crippen LogP contribution in [-0.2, 0) is 24.0 Å². The van der Waals surface area contributed by atoms with Gasteiger partial charge in [0.1, 0.15) is 5.78 Å². The average Bonchev–Trinajstić information content (AvgIpc) is 2.87. The molecule has 1 aliphatic heterocycles. The lowest BCUT2D eigenvalue weighted by Gasteiger charge is -2.23. The lowest BCUT2D eigenvalue weighted by molar-refractivity contribution is -0.137. The van der Waals surface area contributed by atoms with Crippen molar-refractivity contribution >= 4 is 29.3 Å². The Hall–Kier alpha value is -2.31. The topological polar surface area (TPSA) is 101 Å². The second kappa shape index (κ2) is 9.40. The van der Waals surface area contributed by atoms with Crippen molar-refractivity contribution in [1.29, 1.82) is 0 Å². The highest BCUT2D eigenvalue weighted by Crippen LogP contribution is 2.15. The fraction of sp³-hybridized carbons (Fsp3) is 0.632. The van der Waals surface area contributed by atoms with Crippen LogP contribution in [0.3, 0.4) is 0 Å². The molecule has 0 aromatic heterocycles. The predicted octanol–water partition coefficient (Wildman–Crippen LogP) is 1.26. The molecule has 1 N–H and O–H groups in total. The first-order valence-electron chi connectivity index (χ1n) is 8.93. The van der Waals surface area contributed by atoms with Gasteiger partial charge in [-0.15, -0.1) is 0 Å². The number of Topliss-reactive ketones (excluding diaryl/α,β-unsaturated/α-hetero) is 2. The lowest BCUT2D eigenvalue weighted by Crippen LogP contribution is -2.46. The van der Waals surface area contributed by atoms with Gasteiger partial charge in [0, 0.05) is 43.4 Å². The zero-order valence-electron chi connectivity index (χ0n) is 16.1. The van der Waals surface area contributed by atoms with E-state index in [1.54, 1.807) is 20.8 Å². The number of ketones is 2. The van der Waals surface area contributed by atoms with E-state index in [0.29, 0.717) is 0 Å². The van der Waals surface area contributed by atoms with E-state index >= 15 is 0 Å². The van der Waals surface area contributed by atoms with Gasteiger partial charge in [-0.1, -0.05) is 34.6 Å². The molecule has 0 aromatic carbocycles. The van der Waals surface area contributed by atoms with Crippen LogP contribution in [0.1, 0.15) is 47.5 Å². The third kappa shape index (κ3) is 5.89. The van der Waals surface area contributed by atoms with Crippen LogP contribution in [0.5, 0.6) is 0 Å². The number of carbonyl (C=O) groups excluding carboxylic acids is 5. The number of imide groups is 1. The number of hydrogen-bond donors (Lipinski definition) is 1. The molecule has 144 valence electrons. The van der Waals surface area contributed by atoms with Gasteiger partial charge < -0.3 is 5.32 Å². The first-order valence-corrected chi connectivity index (χ1v) is 8.93. The Balaban J connectivity index is 2.59. The van der Waals surface area contributed by atoms with E-state index in [0.717, 1.165) is 17.1 Å². The summed E-state index contributed by atoms with van der Waals surface area (Å²) in [6.45, 7) is 8.90. The van der Waals surface area contributed by atoms with E-state index in [4.69, 9.17) is 0 Å². The molecule has 0 aliphatic carbocycles. The zero-order chi connectivity index (χ0) is 20.0. The maximum Gasteiger partial charge on any atom is 0.253 e. The summed E-state index contributed by atoms with van der Waals surface area (Å²) in [6, 6.07) is -0.701. The fourth-order valence-corrected chi connectivity index (χ4v) is 2.83. The molecule has 0 aromatic rings. The molecular weight excluding hydrogens is 336 g/mol. The number of nitrogens with one attached hydrogen (secondary N) is 1. The molecule has 0 saturated heterocycles. The Kier molecular flexibility index (Phi) is 7.86. The second-order valence-electron chi connectivity index (χ2n) is 7.33. The largest absolute Gasteiger partial charge is 0.346 e. The molecule has 0 spiro atoms. The highest BCUT2D eigenvalue weighted by molar-refractivity contribution is 6.13. The minimum atomic E-state index is -0.701. The van der Waals surface area contributed by atoms with Gasteiger partial charge in [-0.25, -0.2) is 0 Å². The fourth-order valence-electron chi connectivity index (χ4n) is 2.83. The van der Waals surface area contributed by atoms with Crippen molar-refractivity contribution in [2.75, 3.05) is 6.54 Å². The Morgan fingerprint density at radius 2 is 1.54 bits per heavy atom. The van der Waals surface area contributed by atoms with Crippen LogP contribution < -0.4 is 5.32 Å². The van der Waals surface area contributed by atoms with Gasteiger partial charge in [-0.2, -0.15) is 0 Å². The van der Waals surface area contributed by atoms with Crippen molar-refractivity contribution in [3.05, 3.63) is 12.2 Å². The summed E-state index contributed by atoms with van der Waals surface area (Å²) in [5, 5.41) is 2.67. The molecule has 26 heavy (non-hydrogen) atoms. The van der Waals surface area contributed by atoms with Gasteiger partial charge in [0.15, 0.2) is 5.78 Å². The maximum absolute atomic E-state index is 12.5. The molecule has 0 fully saturated rings.